The van der Waals surface area contributed by atoms with Gasteiger partial charge in [-0.05, 0) is 92.4 Å². The second-order valence-corrected chi connectivity index (χ2v) is 20.9. The van der Waals surface area contributed by atoms with E-state index in [1.165, 1.54) is 27.6 Å². The fourth-order valence-electron chi connectivity index (χ4n) is 7.29. The molecule has 0 bridgehead atoms. The van der Waals surface area contributed by atoms with Crippen molar-refractivity contribution < 1.29 is 9.42 Å². The zero-order valence-electron chi connectivity index (χ0n) is 36.9. The molecule has 0 spiro atoms. The fourth-order valence-corrected chi connectivity index (χ4v) is 7.29. The summed E-state index contributed by atoms with van der Waals surface area (Å²) < 4.78 is 13.0. The second-order valence-electron chi connectivity index (χ2n) is 20.9. The second kappa shape index (κ2) is 13.7. The van der Waals surface area contributed by atoms with Crippen LogP contribution in [0.3, 0.4) is 0 Å². The highest BCUT2D eigenvalue weighted by Gasteiger charge is 2.27. The van der Waals surface area contributed by atoms with Crippen molar-refractivity contribution >= 4 is 21.8 Å². The van der Waals surface area contributed by atoms with E-state index in [1.807, 2.05) is 23.0 Å². The normalized spacial score (nSPS) is 13.2. The van der Waals surface area contributed by atoms with Gasteiger partial charge in [0.05, 0.1) is 22.4 Å². The van der Waals surface area contributed by atoms with Crippen LogP contribution in [-0.4, -0.2) is 19.2 Å². The first-order chi connectivity index (χ1) is 26.4. The molecule has 3 aromatic heterocycles. The molecule has 7 rings (SSSR count). The lowest BCUT2D eigenvalue weighted by atomic mass is 9.80. The van der Waals surface area contributed by atoms with Gasteiger partial charge >= 0.3 is 0 Å². The van der Waals surface area contributed by atoms with Gasteiger partial charge < -0.3 is 4.74 Å². The van der Waals surface area contributed by atoms with Crippen LogP contribution in [0.5, 0.6) is 11.5 Å². The first kappa shape index (κ1) is 40.0. The van der Waals surface area contributed by atoms with E-state index in [0.29, 0.717) is 0 Å². The fraction of sp³-hybridized carbons (Fsp3) is 0.392. The van der Waals surface area contributed by atoms with Gasteiger partial charge in [-0.2, -0.15) is 4.68 Å². The summed E-state index contributed by atoms with van der Waals surface area (Å²) in [6, 6.07) is 32.7. The van der Waals surface area contributed by atoms with Crippen LogP contribution in [0.4, 0.5) is 0 Å². The first-order valence-corrected chi connectivity index (χ1v) is 20.3. The van der Waals surface area contributed by atoms with E-state index in [2.05, 4.69) is 198 Å². The van der Waals surface area contributed by atoms with Crippen LogP contribution in [0, 0.1) is 6.33 Å². The molecule has 0 aliphatic carbocycles. The Kier molecular flexibility index (Phi) is 9.62. The Morgan fingerprint density at radius 1 is 0.526 bits per heavy atom. The summed E-state index contributed by atoms with van der Waals surface area (Å²) in [7, 11) is 0. The highest BCUT2D eigenvalue weighted by atomic mass is 16.5. The summed E-state index contributed by atoms with van der Waals surface area (Å²) >= 11 is 0. The molecule has 6 nitrogen and oxygen atoms in total. The maximum Gasteiger partial charge on any atom is 0.273 e. The quantitative estimate of drug-likeness (QED) is 0.130. The predicted octanol–water partition coefficient (Wildman–Crippen LogP) is 12.7. The van der Waals surface area contributed by atoms with Crippen molar-refractivity contribution in [2.45, 2.75) is 131 Å². The van der Waals surface area contributed by atoms with Crippen molar-refractivity contribution in [2.75, 3.05) is 0 Å². The van der Waals surface area contributed by atoms with Crippen molar-refractivity contribution in [3.63, 3.8) is 0 Å². The molecule has 3 heterocycles. The molecular weight excluding hydrogens is 699 g/mol. The number of hydrogen-bond donors (Lipinski definition) is 0. The monoisotopic (exact) mass is 759 g/mol. The minimum absolute atomic E-state index is 0.0141. The van der Waals surface area contributed by atoms with Gasteiger partial charge in [0.15, 0.2) is 5.82 Å². The molecular formula is C51H61N5O. The molecule has 0 amide bonds. The van der Waals surface area contributed by atoms with E-state index in [0.717, 1.165) is 50.9 Å². The lowest BCUT2D eigenvalue weighted by Gasteiger charge is -2.26. The van der Waals surface area contributed by atoms with E-state index < -0.39 is 0 Å². The summed E-state index contributed by atoms with van der Waals surface area (Å²) in [6.45, 7) is 33.7. The van der Waals surface area contributed by atoms with Crippen molar-refractivity contribution in [3.05, 3.63) is 132 Å². The number of nitrogens with zero attached hydrogens (tertiary/aromatic N) is 5. The summed E-state index contributed by atoms with van der Waals surface area (Å²) in [5, 5.41) is 7.57. The van der Waals surface area contributed by atoms with Crippen LogP contribution < -0.4 is 9.42 Å². The van der Waals surface area contributed by atoms with Crippen molar-refractivity contribution in [1.29, 1.82) is 0 Å². The Labute approximate surface area is 340 Å². The molecule has 0 aliphatic heterocycles. The van der Waals surface area contributed by atoms with Gasteiger partial charge in [-0.1, -0.05) is 140 Å². The van der Waals surface area contributed by atoms with Gasteiger partial charge in [-0.3, -0.25) is 9.13 Å². The third kappa shape index (κ3) is 8.01. The lowest BCUT2D eigenvalue weighted by molar-refractivity contribution is -0.662. The lowest BCUT2D eigenvalue weighted by Crippen LogP contribution is -2.35. The number of rotatable bonds is 5. The van der Waals surface area contributed by atoms with Gasteiger partial charge in [-0.15, -0.1) is 5.10 Å². The van der Waals surface area contributed by atoms with Crippen molar-refractivity contribution in [1.82, 2.24) is 19.2 Å². The highest BCUT2D eigenvalue weighted by molar-refractivity contribution is 6.09. The zero-order valence-corrected chi connectivity index (χ0v) is 36.9. The minimum atomic E-state index is -0.253. The maximum absolute atomic E-state index is 6.73. The topological polar surface area (TPSA) is 48.8 Å². The predicted molar refractivity (Wildman–Crippen MR) is 236 cm³/mol. The Bertz CT molecular complexity index is 2590. The molecule has 0 saturated heterocycles. The number of benzene rings is 4. The molecule has 0 fully saturated rings. The van der Waals surface area contributed by atoms with E-state index in [1.54, 1.807) is 0 Å². The largest absolute Gasteiger partial charge is 0.458 e. The number of pyridine rings is 1. The number of hydrogen-bond acceptors (Lipinski definition) is 3. The summed E-state index contributed by atoms with van der Waals surface area (Å²) in [5.74, 6) is 3.28. The molecule has 4 aromatic carbocycles. The van der Waals surface area contributed by atoms with Crippen LogP contribution in [0.2, 0.25) is 0 Å². The third-order valence-electron chi connectivity index (χ3n) is 10.9. The van der Waals surface area contributed by atoms with Crippen LogP contribution in [0.15, 0.2) is 97.2 Å². The molecule has 0 atom stereocenters. The summed E-state index contributed by atoms with van der Waals surface area (Å²) in [4.78, 5) is 4.92. The summed E-state index contributed by atoms with van der Waals surface area (Å²) in [6.07, 6.45) is 5.55. The van der Waals surface area contributed by atoms with Crippen LogP contribution in [-0.2, 0) is 27.1 Å². The maximum atomic E-state index is 6.73. The number of fused-ring (bicyclic) bond motifs is 3. The Hall–Kier alpha value is -5.23. The Morgan fingerprint density at radius 3 is 1.75 bits per heavy atom. The minimum Gasteiger partial charge on any atom is -0.458 e. The molecule has 6 heteroatoms. The van der Waals surface area contributed by atoms with Crippen molar-refractivity contribution in [3.8, 4) is 28.7 Å². The van der Waals surface area contributed by atoms with Gasteiger partial charge in [-0.25, -0.2) is 4.98 Å². The average Bonchev–Trinajstić information content (AvgIpc) is 3.71. The van der Waals surface area contributed by atoms with Crippen molar-refractivity contribution in [2.24, 2.45) is 0 Å². The smallest absolute Gasteiger partial charge is 0.273 e. The molecule has 0 saturated carbocycles. The Morgan fingerprint density at radius 2 is 1.14 bits per heavy atom. The SMILES string of the molecule is CC(C)(C)c1cc(-[n+]2[c-]n(-c3cccc(Oc4ccc5c6cc(C(C)(C)C)ccc6n(-c6cc(C(C)(C)C)ccn6)c5c4)c3)c(C(C)(C)C)n2)cc(C(C)(C)C)c1. The molecule has 57 heavy (non-hydrogen) atoms. The molecule has 0 N–H and O–H groups in total. The molecule has 0 unspecified atom stereocenters. The summed E-state index contributed by atoms with van der Waals surface area (Å²) in [5.41, 5.74) is 8.91. The van der Waals surface area contributed by atoms with Gasteiger partial charge in [0.1, 0.15) is 17.3 Å². The molecule has 0 aliphatic rings. The molecule has 0 radical (unpaired) electrons. The van der Waals surface area contributed by atoms with Gasteiger partial charge in [0.2, 0.25) is 0 Å². The van der Waals surface area contributed by atoms with E-state index in [4.69, 9.17) is 14.8 Å². The highest BCUT2D eigenvalue weighted by Crippen LogP contribution is 2.38. The molecule has 7 aromatic rings. The number of ether oxygens (including phenoxy) is 1. The average molecular weight is 760 g/mol. The van der Waals surface area contributed by atoms with Gasteiger partial charge in [0.25, 0.3) is 6.33 Å². The van der Waals surface area contributed by atoms with Crippen LogP contribution >= 0.6 is 0 Å². The Balaban J connectivity index is 1.33. The third-order valence-corrected chi connectivity index (χ3v) is 10.9. The first-order valence-electron chi connectivity index (χ1n) is 20.3. The van der Waals surface area contributed by atoms with E-state index >= 15 is 0 Å². The van der Waals surface area contributed by atoms with E-state index in [-0.39, 0.29) is 27.1 Å². The van der Waals surface area contributed by atoms with Crippen LogP contribution in [0.1, 0.15) is 132 Å². The standard InChI is InChI=1S/C51H61N5O/c1-47(2,3)33-19-22-43-42(28-33)41-21-20-40(31-44(41)56(43)45-29-34(23-24-52-45)48(4,5)6)57-39-18-16-17-37(30-39)54-32-55(53-46(54)51(13,14)15)38-26-35(49(7,8)9)25-36(27-38)50(10,11)12/h16-31H,1-15H3. The van der Waals surface area contributed by atoms with E-state index in [9.17, 15) is 0 Å². The number of aromatic nitrogens is 5. The van der Waals surface area contributed by atoms with Gasteiger partial charge in [0, 0.05) is 28.5 Å². The van der Waals surface area contributed by atoms with Crippen LogP contribution in [0.25, 0.3) is 39.0 Å². The molecule has 296 valence electrons. The zero-order chi connectivity index (χ0) is 41.5.